The Bertz CT molecular complexity index is 399. The monoisotopic (exact) mass is 355 g/mol. The largest absolute Gasteiger partial charge is 0.392 e. The van der Waals surface area contributed by atoms with Crippen LogP contribution >= 0.6 is 0 Å². The molecule has 6 nitrogen and oxygen atoms in total. The smallest absolute Gasteiger partial charge is 0.191 e. The summed E-state index contributed by atoms with van der Waals surface area (Å²) in [4.78, 5) is 4.71. The molecule has 2 rings (SSSR count). The number of nitrogens with one attached hydrogen (secondary N) is 2. The number of ether oxygens (including phenoxy) is 2. The quantitative estimate of drug-likeness (QED) is 0.335. The van der Waals surface area contributed by atoms with E-state index >= 15 is 0 Å². The van der Waals surface area contributed by atoms with Gasteiger partial charge >= 0.3 is 0 Å². The molecule has 1 aliphatic carbocycles. The standard InChI is InChI=1S/C19H37N3O3/c1-3-20-18(22-15-19(2)10-5-4-9-17(19)23)21-11-7-12-24-14-16-8-6-13-25-16/h16-17,23H,3-15H2,1-2H3,(H2,20,21,22). The molecule has 1 saturated carbocycles. The van der Waals surface area contributed by atoms with Crippen LogP contribution in [0.5, 0.6) is 0 Å². The SMILES string of the molecule is CCNC(=NCC1(C)CCCCC1O)NCCCOCC1CCCO1. The summed E-state index contributed by atoms with van der Waals surface area (Å²) in [6.07, 6.45) is 7.56. The van der Waals surface area contributed by atoms with Gasteiger partial charge in [0.05, 0.1) is 25.4 Å². The highest BCUT2D eigenvalue weighted by atomic mass is 16.5. The normalized spacial score (nSPS) is 30.4. The zero-order valence-electron chi connectivity index (χ0n) is 16.1. The maximum atomic E-state index is 10.3. The summed E-state index contributed by atoms with van der Waals surface area (Å²) >= 11 is 0. The molecule has 146 valence electrons. The summed E-state index contributed by atoms with van der Waals surface area (Å²) in [5.41, 5.74) is -0.0923. The number of hydrogen-bond acceptors (Lipinski definition) is 4. The lowest BCUT2D eigenvalue weighted by atomic mass is 9.73. The summed E-state index contributed by atoms with van der Waals surface area (Å²) in [5.74, 6) is 0.834. The first-order valence-corrected chi connectivity index (χ1v) is 10.0. The fraction of sp³-hybridized carbons (Fsp3) is 0.947. The van der Waals surface area contributed by atoms with Crippen LogP contribution < -0.4 is 10.6 Å². The van der Waals surface area contributed by atoms with E-state index in [-0.39, 0.29) is 11.5 Å². The van der Waals surface area contributed by atoms with Crippen LogP contribution in [0.4, 0.5) is 0 Å². The second kappa shape index (κ2) is 11.0. The fourth-order valence-electron chi connectivity index (χ4n) is 3.54. The van der Waals surface area contributed by atoms with Crippen LogP contribution in [0.3, 0.4) is 0 Å². The van der Waals surface area contributed by atoms with Gasteiger partial charge in [0.25, 0.3) is 0 Å². The Balaban J connectivity index is 1.64. The molecule has 0 aromatic rings. The van der Waals surface area contributed by atoms with Crippen molar-refractivity contribution in [1.82, 2.24) is 10.6 Å². The molecule has 3 N–H and O–H groups in total. The molecule has 2 aliphatic rings. The fourth-order valence-corrected chi connectivity index (χ4v) is 3.54. The molecular formula is C19H37N3O3. The van der Waals surface area contributed by atoms with Gasteiger partial charge in [-0.15, -0.1) is 0 Å². The summed E-state index contributed by atoms with van der Waals surface area (Å²) in [6, 6.07) is 0. The number of aliphatic hydroxyl groups is 1. The third-order valence-electron chi connectivity index (χ3n) is 5.31. The molecule has 0 bridgehead atoms. The van der Waals surface area contributed by atoms with E-state index in [4.69, 9.17) is 14.5 Å². The van der Waals surface area contributed by atoms with E-state index in [1.54, 1.807) is 0 Å². The van der Waals surface area contributed by atoms with Gasteiger partial charge in [0.1, 0.15) is 0 Å². The third kappa shape index (κ3) is 7.12. The predicted molar refractivity (Wildman–Crippen MR) is 101 cm³/mol. The lowest BCUT2D eigenvalue weighted by Gasteiger charge is -2.37. The molecule has 0 aromatic carbocycles. The number of hydrogen-bond donors (Lipinski definition) is 3. The lowest BCUT2D eigenvalue weighted by Crippen LogP contribution is -2.42. The topological polar surface area (TPSA) is 75.1 Å². The Morgan fingerprint density at radius 3 is 2.88 bits per heavy atom. The summed E-state index contributed by atoms with van der Waals surface area (Å²) < 4.78 is 11.2. The van der Waals surface area contributed by atoms with Crippen molar-refractivity contribution >= 4 is 5.96 Å². The third-order valence-corrected chi connectivity index (χ3v) is 5.31. The van der Waals surface area contributed by atoms with Crippen molar-refractivity contribution in [3.8, 4) is 0 Å². The van der Waals surface area contributed by atoms with Gasteiger partial charge in [-0.1, -0.05) is 19.8 Å². The Morgan fingerprint density at radius 2 is 2.16 bits per heavy atom. The van der Waals surface area contributed by atoms with Crippen molar-refractivity contribution in [2.45, 2.75) is 71.0 Å². The molecule has 25 heavy (non-hydrogen) atoms. The molecule has 3 atom stereocenters. The maximum Gasteiger partial charge on any atom is 0.191 e. The van der Waals surface area contributed by atoms with E-state index in [1.807, 2.05) is 0 Å². The highest BCUT2D eigenvalue weighted by molar-refractivity contribution is 5.79. The van der Waals surface area contributed by atoms with Crippen molar-refractivity contribution < 1.29 is 14.6 Å². The summed E-state index contributed by atoms with van der Waals surface area (Å²) in [5, 5.41) is 17.0. The van der Waals surface area contributed by atoms with Crippen LogP contribution in [0.15, 0.2) is 4.99 Å². The van der Waals surface area contributed by atoms with Gasteiger partial charge < -0.3 is 25.2 Å². The molecule has 3 unspecified atom stereocenters. The second-order valence-corrected chi connectivity index (χ2v) is 7.60. The van der Waals surface area contributed by atoms with E-state index in [0.717, 1.165) is 70.8 Å². The van der Waals surface area contributed by atoms with Gasteiger partial charge in [-0.05, 0) is 39.0 Å². The van der Waals surface area contributed by atoms with Gasteiger partial charge in [-0.2, -0.15) is 0 Å². The van der Waals surface area contributed by atoms with Crippen LogP contribution in [-0.2, 0) is 9.47 Å². The molecule has 2 fully saturated rings. The summed E-state index contributed by atoms with van der Waals surface area (Å²) in [7, 11) is 0. The predicted octanol–water partition coefficient (Wildman–Crippen LogP) is 2.07. The van der Waals surface area contributed by atoms with E-state index < -0.39 is 0 Å². The first-order valence-electron chi connectivity index (χ1n) is 10.0. The van der Waals surface area contributed by atoms with Gasteiger partial charge in [0.15, 0.2) is 5.96 Å². The molecule has 0 spiro atoms. The van der Waals surface area contributed by atoms with Gasteiger partial charge in [0.2, 0.25) is 0 Å². The molecule has 1 heterocycles. The van der Waals surface area contributed by atoms with Gasteiger partial charge in [0, 0.05) is 31.7 Å². The van der Waals surface area contributed by atoms with Crippen LogP contribution in [0.2, 0.25) is 0 Å². The molecule has 6 heteroatoms. The summed E-state index contributed by atoms with van der Waals surface area (Å²) in [6.45, 7) is 8.89. The maximum absolute atomic E-state index is 10.3. The van der Waals surface area contributed by atoms with Crippen molar-refractivity contribution in [1.29, 1.82) is 0 Å². The molecule has 0 amide bonds. The van der Waals surface area contributed by atoms with E-state index in [2.05, 4.69) is 24.5 Å². The Kier molecular flexibility index (Phi) is 8.99. The second-order valence-electron chi connectivity index (χ2n) is 7.60. The number of rotatable bonds is 9. The van der Waals surface area contributed by atoms with Gasteiger partial charge in [-0.3, -0.25) is 4.99 Å². The van der Waals surface area contributed by atoms with Crippen molar-refractivity contribution in [3.05, 3.63) is 0 Å². The van der Waals surface area contributed by atoms with Crippen molar-refractivity contribution in [2.75, 3.05) is 39.5 Å². The molecule has 1 aliphatic heterocycles. The van der Waals surface area contributed by atoms with Crippen LogP contribution in [0.1, 0.15) is 58.8 Å². The number of guanidine groups is 1. The number of aliphatic hydroxyl groups excluding tert-OH is 1. The molecule has 1 saturated heterocycles. The molecular weight excluding hydrogens is 318 g/mol. The van der Waals surface area contributed by atoms with Crippen molar-refractivity contribution in [3.63, 3.8) is 0 Å². The minimum Gasteiger partial charge on any atom is -0.392 e. The number of aliphatic imine (C=N–C) groups is 1. The zero-order valence-corrected chi connectivity index (χ0v) is 16.1. The van der Waals surface area contributed by atoms with Crippen molar-refractivity contribution in [2.24, 2.45) is 10.4 Å². The van der Waals surface area contributed by atoms with Crippen LogP contribution in [0.25, 0.3) is 0 Å². The first kappa shape index (κ1) is 20.5. The Morgan fingerprint density at radius 1 is 1.28 bits per heavy atom. The highest BCUT2D eigenvalue weighted by Crippen LogP contribution is 2.36. The molecule has 0 radical (unpaired) electrons. The van der Waals surface area contributed by atoms with E-state index in [0.29, 0.717) is 19.3 Å². The average Bonchev–Trinajstić information content (AvgIpc) is 3.12. The minimum absolute atomic E-state index is 0.0923. The van der Waals surface area contributed by atoms with E-state index in [1.165, 1.54) is 6.42 Å². The molecule has 0 aromatic heterocycles. The first-order chi connectivity index (χ1) is 12.1. The van der Waals surface area contributed by atoms with Crippen LogP contribution in [0, 0.1) is 5.41 Å². The zero-order chi connectivity index (χ0) is 18.0. The Labute approximate surface area is 152 Å². The van der Waals surface area contributed by atoms with E-state index in [9.17, 15) is 5.11 Å². The van der Waals surface area contributed by atoms with Crippen LogP contribution in [-0.4, -0.2) is 62.7 Å². The number of nitrogens with zero attached hydrogens (tertiary/aromatic N) is 1. The minimum atomic E-state index is -0.237. The highest BCUT2D eigenvalue weighted by Gasteiger charge is 2.35. The Hall–Kier alpha value is -0.850. The van der Waals surface area contributed by atoms with Gasteiger partial charge in [-0.25, -0.2) is 0 Å². The average molecular weight is 356 g/mol. The lowest BCUT2D eigenvalue weighted by molar-refractivity contribution is 0.00715.